The van der Waals surface area contributed by atoms with Gasteiger partial charge < -0.3 is 25.0 Å². The van der Waals surface area contributed by atoms with Crippen molar-refractivity contribution in [2.75, 3.05) is 19.6 Å². The van der Waals surface area contributed by atoms with Crippen molar-refractivity contribution in [1.29, 1.82) is 0 Å². The van der Waals surface area contributed by atoms with Gasteiger partial charge in [-0.3, -0.25) is 14.5 Å². The summed E-state index contributed by atoms with van der Waals surface area (Å²) in [6.45, 7) is 10.2. The number of fused-ring (bicyclic) bond motifs is 2. The first-order chi connectivity index (χ1) is 19.7. The molecule has 0 saturated carbocycles. The number of aromatic hydroxyl groups is 1. The maximum Gasteiger partial charge on any atom is 0.271 e. The lowest BCUT2D eigenvalue weighted by atomic mass is 9.91. The number of nitrogens with one attached hydrogen (secondary N) is 2. The molecule has 0 aliphatic carbocycles. The Hall–Kier alpha value is -4.30. The van der Waals surface area contributed by atoms with E-state index in [9.17, 15) is 14.7 Å². The van der Waals surface area contributed by atoms with Crippen molar-refractivity contribution in [2.45, 2.75) is 52.2 Å². The van der Waals surface area contributed by atoms with Crippen molar-refractivity contribution in [3.63, 3.8) is 0 Å². The van der Waals surface area contributed by atoms with Gasteiger partial charge in [0.05, 0.1) is 0 Å². The van der Waals surface area contributed by atoms with Gasteiger partial charge in [0.15, 0.2) is 0 Å². The minimum absolute atomic E-state index is 0.130. The van der Waals surface area contributed by atoms with Crippen LogP contribution in [0.25, 0.3) is 10.9 Å². The van der Waals surface area contributed by atoms with Crippen LogP contribution in [0.1, 0.15) is 55.4 Å². The first-order valence-corrected chi connectivity index (χ1v) is 14.2. The molecular formula is C33H38N4O4. The van der Waals surface area contributed by atoms with E-state index in [1.165, 1.54) is 0 Å². The molecule has 0 radical (unpaired) electrons. The number of phenolic OH excluding ortho intramolecular Hbond substituents is 1. The van der Waals surface area contributed by atoms with Gasteiger partial charge in [-0.05, 0) is 93.8 Å². The zero-order valence-electron chi connectivity index (χ0n) is 24.1. The average Bonchev–Trinajstić information content (AvgIpc) is 3.37. The second kappa shape index (κ2) is 12.1. The molecule has 2 amide bonds. The summed E-state index contributed by atoms with van der Waals surface area (Å²) in [7, 11) is 0. The lowest BCUT2D eigenvalue weighted by molar-refractivity contribution is -0.126. The SMILES string of the molecule is CC(C)N(CCNC(=O)C1c2ccc(Oc3ccccc3)cc2CCN1C(=O)c1cc2cc(O)ccc2[nH]1)C(C)C. The van der Waals surface area contributed by atoms with Crippen LogP contribution in [0.4, 0.5) is 0 Å². The number of rotatable bonds is 9. The van der Waals surface area contributed by atoms with Gasteiger partial charge in [-0.1, -0.05) is 24.3 Å². The van der Waals surface area contributed by atoms with Gasteiger partial charge >= 0.3 is 0 Å². The number of aromatic nitrogens is 1. The molecular weight excluding hydrogens is 516 g/mol. The number of phenols is 1. The van der Waals surface area contributed by atoms with Gasteiger partial charge in [0, 0.05) is 42.6 Å². The van der Waals surface area contributed by atoms with E-state index in [4.69, 9.17) is 4.74 Å². The number of carbonyl (C=O) groups is 2. The van der Waals surface area contributed by atoms with Gasteiger partial charge in [-0.2, -0.15) is 0 Å². The molecule has 4 aromatic rings. The molecule has 8 nitrogen and oxygen atoms in total. The zero-order chi connectivity index (χ0) is 29.1. The molecule has 3 aromatic carbocycles. The van der Waals surface area contributed by atoms with Gasteiger partial charge in [0.1, 0.15) is 29.0 Å². The zero-order valence-corrected chi connectivity index (χ0v) is 24.1. The van der Waals surface area contributed by atoms with E-state index in [0.717, 1.165) is 27.8 Å². The Kier molecular flexibility index (Phi) is 8.31. The average molecular weight is 555 g/mol. The fourth-order valence-corrected chi connectivity index (χ4v) is 5.70. The Morgan fingerprint density at radius 3 is 2.49 bits per heavy atom. The summed E-state index contributed by atoms with van der Waals surface area (Å²) in [5.41, 5.74) is 2.90. The number of aromatic amines is 1. The van der Waals surface area contributed by atoms with Crippen LogP contribution in [0.15, 0.2) is 72.8 Å². The Labute approximate surface area is 240 Å². The first kappa shape index (κ1) is 28.2. The van der Waals surface area contributed by atoms with E-state index in [-0.39, 0.29) is 17.6 Å². The summed E-state index contributed by atoms with van der Waals surface area (Å²) in [6.07, 6.45) is 0.590. The number of H-pyrrole nitrogens is 1. The Morgan fingerprint density at radius 2 is 1.76 bits per heavy atom. The Bertz CT molecular complexity index is 1520. The van der Waals surface area contributed by atoms with Gasteiger partial charge in [-0.25, -0.2) is 0 Å². The Morgan fingerprint density at radius 1 is 1.00 bits per heavy atom. The molecule has 214 valence electrons. The maximum absolute atomic E-state index is 13.9. The highest BCUT2D eigenvalue weighted by Gasteiger charge is 2.37. The largest absolute Gasteiger partial charge is 0.508 e. The number of amides is 2. The third-order valence-electron chi connectivity index (χ3n) is 7.66. The smallest absolute Gasteiger partial charge is 0.271 e. The lowest BCUT2D eigenvalue weighted by Gasteiger charge is -2.37. The third-order valence-corrected chi connectivity index (χ3v) is 7.66. The fourth-order valence-electron chi connectivity index (χ4n) is 5.70. The summed E-state index contributed by atoms with van der Waals surface area (Å²) in [5.74, 6) is 1.08. The van der Waals surface area contributed by atoms with Crippen molar-refractivity contribution in [3.05, 3.63) is 89.6 Å². The highest BCUT2D eigenvalue weighted by Crippen LogP contribution is 2.35. The van der Waals surface area contributed by atoms with Crippen LogP contribution >= 0.6 is 0 Å². The lowest BCUT2D eigenvalue weighted by Crippen LogP contribution is -2.49. The topological polar surface area (TPSA) is 97.9 Å². The van der Waals surface area contributed by atoms with Crippen LogP contribution in [0, 0.1) is 0 Å². The van der Waals surface area contributed by atoms with Gasteiger partial charge in [0.25, 0.3) is 5.91 Å². The molecule has 5 rings (SSSR count). The molecule has 1 aliphatic rings. The molecule has 0 bridgehead atoms. The minimum atomic E-state index is -0.789. The van der Waals surface area contributed by atoms with Crippen LogP contribution in [-0.4, -0.2) is 63.4 Å². The highest BCUT2D eigenvalue weighted by atomic mass is 16.5. The van der Waals surface area contributed by atoms with E-state index >= 15 is 0 Å². The predicted octanol–water partition coefficient (Wildman–Crippen LogP) is 5.64. The number of carbonyl (C=O) groups excluding carboxylic acids is 2. The number of para-hydroxylation sites is 1. The number of ether oxygens (including phenoxy) is 1. The van der Waals surface area contributed by atoms with Crippen LogP contribution in [0.5, 0.6) is 17.2 Å². The molecule has 1 unspecified atom stereocenters. The van der Waals surface area contributed by atoms with Crippen LogP contribution in [0.3, 0.4) is 0 Å². The standard InChI is InChI=1S/C33H38N4O4/c1-21(2)36(22(3)4)17-15-34-32(39)31-28-12-11-27(41-26-8-6-5-7-9-26)19-23(28)14-16-37(31)33(40)30-20-24-18-25(38)10-13-29(24)35-30/h5-13,18-22,31,35,38H,14-17H2,1-4H3,(H,34,39). The minimum Gasteiger partial charge on any atom is -0.508 e. The fraction of sp³-hybridized carbons (Fsp3) is 0.333. The van der Waals surface area contributed by atoms with E-state index in [1.807, 2.05) is 48.5 Å². The summed E-state index contributed by atoms with van der Waals surface area (Å²) < 4.78 is 6.05. The first-order valence-electron chi connectivity index (χ1n) is 14.2. The Balaban J connectivity index is 1.43. The molecule has 0 fully saturated rings. The number of nitrogens with zero attached hydrogens (tertiary/aromatic N) is 2. The molecule has 0 saturated heterocycles. The normalized spacial score (nSPS) is 15.0. The molecule has 1 aromatic heterocycles. The van der Waals surface area contributed by atoms with Crippen LogP contribution in [0.2, 0.25) is 0 Å². The summed E-state index contributed by atoms with van der Waals surface area (Å²) in [4.78, 5) is 34.8. The van der Waals surface area contributed by atoms with Crippen LogP contribution in [-0.2, 0) is 11.2 Å². The highest BCUT2D eigenvalue weighted by molar-refractivity contribution is 6.01. The van der Waals surface area contributed by atoms with Crippen molar-refractivity contribution in [3.8, 4) is 17.2 Å². The maximum atomic E-state index is 13.9. The number of benzene rings is 3. The quantitative estimate of drug-likeness (QED) is 0.249. The molecule has 0 spiro atoms. The molecule has 3 N–H and O–H groups in total. The molecule has 8 heteroatoms. The third kappa shape index (κ3) is 6.23. The van der Waals surface area contributed by atoms with E-state index in [2.05, 4.69) is 42.9 Å². The predicted molar refractivity (Wildman–Crippen MR) is 160 cm³/mol. The van der Waals surface area contributed by atoms with Crippen molar-refractivity contribution < 1.29 is 19.4 Å². The van der Waals surface area contributed by atoms with E-state index < -0.39 is 6.04 Å². The van der Waals surface area contributed by atoms with Crippen molar-refractivity contribution in [1.82, 2.24) is 20.1 Å². The summed E-state index contributed by atoms with van der Waals surface area (Å²) >= 11 is 0. The van der Waals surface area contributed by atoms with Crippen molar-refractivity contribution in [2.24, 2.45) is 0 Å². The monoisotopic (exact) mass is 554 g/mol. The number of hydrogen-bond donors (Lipinski definition) is 3. The second-order valence-electron chi connectivity index (χ2n) is 11.1. The van der Waals surface area contributed by atoms with Gasteiger partial charge in [0.2, 0.25) is 5.91 Å². The number of hydrogen-bond acceptors (Lipinski definition) is 5. The van der Waals surface area contributed by atoms with Gasteiger partial charge in [-0.15, -0.1) is 0 Å². The summed E-state index contributed by atoms with van der Waals surface area (Å²) in [5, 5.41) is 13.7. The summed E-state index contributed by atoms with van der Waals surface area (Å²) in [6, 6.07) is 21.9. The molecule has 41 heavy (non-hydrogen) atoms. The van der Waals surface area contributed by atoms with E-state index in [0.29, 0.717) is 49.6 Å². The van der Waals surface area contributed by atoms with Crippen LogP contribution < -0.4 is 10.1 Å². The van der Waals surface area contributed by atoms with E-state index in [1.54, 1.807) is 29.2 Å². The second-order valence-corrected chi connectivity index (χ2v) is 11.1. The molecule has 1 aliphatic heterocycles. The van der Waals surface area contributed by atoms with Crippen molar-refractivity contribution >= 4 is 22.7 Å². The molecule has 2 heterocycles. The molecule has 1 atom stereocenters.